The molecule has 0 spiro atoms. The van der Waals surface area contributed by atoms with E-state index in [1.165, 1.54) is 23.8 Å². The van der Waals surface area contributed by atoms with Crippen molar-refractivity contribution in [3.8, 4) is 0 Å². The van der Waals surface area contributed by atoms with Gasteiger partial charge >= 0.3 is 0 Å². The lowest BCUT2D eigenvalue weighted by molar-refractivity contribution is -0.135. The van der Waals surface area contributed by atoms with E-state index in [1.54, 1.807) is 6.92 Å². The number of aliphatic hydroxyl groups is 2. The highest BCUT2D eigenvalue weighted by atomic mass is 35.5. The van der Waals surface area contributed by atoms with E-state index in [4.69, 9.17) is 11.6 Å². The second-order valence-corrected chi connectivity index (χ2v) is 10.7. The Hall–Kier alpha value is -1.56. The standard InChI is InChI=1S/C24H31ClN2O3/c1-13(17-11-26-19-7-6-18(25)21(22(17)19)15-4-5-15)8-20(28)27-14(2)24(30)10-16(27)9-23(3,29)12-24/h6-7,11,13-16,26,29-30H,4-5,8-10,12H2,1-3H3. The molecule has 2 saturated carbocycles. The van der Waals surface area contributed by atoms with Crippen LogP contribution in [0.1, 0.15) is 82.3 Å². The van der Waals surface area contributed by atoms with E-state index in [-0.39, 0.29) is 23.9 Å². The SMILES string of the molecule is CC(CC(=O)N1C2CC(C)(O)CC(O)(C2)C1C)c1c[nH]c2ccc(Cl)c(C3CC3)c12. The molecule has 3 N–H and O–H groups in total. The monoisotopic (exact) mass is 430 g/mol. The molecule has 1 aromatic carbocycles. The minimum absolute atomic E-state index is 0.0324. The fourth-order valence-electron chi connectivity index (χ4n) is 6.19. The second kappa shape index (κ2) is 6.72. The Labute approximate surface area is 182 Å². The average Bonchev–Trinajstić information content (AvgIpc) is 3.33. The van der Waals surface area contributed by atoms with Crippen LogP contribution in [0.4, 0.5) is 0 Å². The van der Waals surface area contributed by atoms with Gasteiger partial charge in [-0.25, -0.2) is 0 Å². The summed E-state index contributed by atoms with van der Waals surface area (Å²) in [7, 11) is 0. The highest BCUT2D eigenvalue weighted by Gasteiger charge is 2.58. The van der Waals surface area contributed by atoms with Crippen molar-refractivity contribution in [2.45, 2.75) is 94.4 Å². The maximum Gasteiger partial charge on any atom is 0.223 e. The molecule has 2 aliphatic carbocycles. The molecule has 162 valence electrons. The van der Waals surface area contributed by atoms with Gasteiger partial charge in [-0.3, -0.25) is 4.79 Å². The Morgan fingerprint density at radius 2 is 2.07 bits per heavy atom. The van der Waals surface area contributed by atoms with Crippen molar-refractivity contribution in [2.24, 2.45) is 0 Å². The molecule has 1 aliphatic heterocycles. The van der Waals surface area contributed by atoms with E-state index in [2.05, 4.69) is 11.9 Å². The van der Waals surface area contributed by atoms with Crippen molar-refractivity contribution in [2.75, 3.05) is 0 Å². The number of carbonyl (C=O) groups is 1. The van der Waals surface area contributed by atoms with Crippen LogP contribution in [-0.2, 0) is 4.79 Å². The molecular formula is C24H31ClN2O3. The van der Waals surface area contributed by atoms with Crippen LogP contribution in [0.2, 0.25) is 5.02 Å². The van der Waals surface area contributed by atoms with Gasteiger partial charge in [-0.05, 0) is 74.6 Å². The summed E-state index contributed by atoms with van der Waals surface area (Å²) in [6, 6.07) is 3.60. The Balaban J connectivity index is 1.42. The van der Waals surface area contributed by atoms with E-state index < -0.39 is 11.2 Å². The number of aromatic nitrogens is 1. The van der Waals surface area contributed by atoms with Crippen molar-refractivity contribution >= 4 is 28.4 Å². The van der Waals surface area contributed by atoms with Gasteiger partial charge in [0.05, 0.1) is 17.2 Å². The molecule has 0 radical (unpaired) electrons. The number of fused-ring (bicyclic) bond motifs is 3. The molecule has 1 saturated heterocycles. The van der Waals surface area contributed by atoms with Crippen molar-refractivity contribution in [3.05, 3.63) is 34.5 Å². The Morgan fingerprint density at radius 3 is 2.77 bits per heavy atom. The molecule has 2 bridgehead atoms. The van der Waals surface area contributed by atoms with Gasteiger partial charge < -0.3 is 20.1 Å². The van der Waals surface area contributed by atoms with E-state index in [0.717, 1.165) is 16.1 Å². The Morgan fingerprint density at radius 1 is 1.33 bits per heavy atom. The number of aromatic amines is 1. The van der Waals surface area contributed by atoms with Crippen molar-refractivity contribution in [1.29, 1.82) is 0 Å². The first-order chi connectivity index (χ1) is 14.1. The third-order valence-corrected chi connectivity index (χ3v) is 8.02. The predicted molar refractivity (Wildman–Crippen MR) is 118 cm³/mol. The van der Waals surface area contributed by atoms with Crippen LogP contribution in [0, 0.1) is 0 Å². The van der Waals surface area contributed by atoms with Crippen molar-refractivity contribution < 1.29 is 15.0 Å². The van der Waals surface area contributed by atoms with Crippen molar-refractivity contribution in [3.63, 3.8) is 0 Å². The summed E-state index contributed by atoms with van der Waals surface area (Å²) in [5.74, 6) is 0.607. The summed E-state index contributed by atoms with van der Waals surface area (Å²) < 4.78 is 0. The number of halogens is 1. The third-order valence-electron chi connectivity index (χ3n) is 7.69. The van der Waals surface area contributed by atoms with Gasteiger partial charge in [-0.1, -0.05) is 18.5 Å². The van der Waals surface area contributed by atoms with Gasteiger partial charge in [-0.15, -0.1) is 0 Å². The van der Waals surface area contributed by atoms with Crippen LogP contribution in [0.3, 0.4) is 0 Å². The van der Waals surface area contributed by atoms with Crippen LogP contribution in [0.5, 0.6) is 0 Å². The van der Waals surface area contributed by atoms with Gasteiger partial charge in [0.1, 0.15) is 0 Å². The molecule has 1 aromatic heterocycles. The number of likely N-dealkylation sites (tertiary alicyclic amines) is 1. The van der Waals surface area contributed by atoms with E-state index in [0.29, 0.717) is 31.6 Å². The molecule has 1 amide bonds. The summed E-state index contributed by atoms with van der Waals surface area (Å²) in [5.41, 5.74) is 1.51. The molecule has 2 aromatic rings. The van der Waals surface area contributed by atoms with Crippen LogP contribution < -0.4 is 0 Å². The third kappa shape index (κ3) is 3.17. The van der Waals surface area contributed by atoms with Crippen LogP contribution in [0.15, 0.2) is 18.3 Å². The zero-order valence-electron chi connectivity index (χ0n) is 17.9. The Kier molecular flexibility index (Phi) is 4.56. The number of hydrogen-bond acceptors (Lipinski definition) is 3. The molecule has 6 heteroatoms. The number of nitrogens with one attached hydrogen (secondary N) is 1. The quantitative estimate of drug-likeness (QED) is 0.670. The van der Waals surface area contributed by atoms with Crippen LogP contribution in [-0.4, -0.2) is 49.3 Å². The van der Waals surface area contributed by atoms with Gasteiger partial charge in [0.25, 0.3) is 0 Å². The van der Waals surface area contributed by atoms with Gasteiger partial charge in [0.2, 0.25) is 5.91 Å². The van der Waals surface area contributed by atoms with E-state index >= 15 is 0 Å². The minimum Gasteiger partial charge on any atom is -0.390 e. The summed E-state index contributed by atoms with van der Waals surface area (Å²) in [6.45, 7) is 5.78. The van der Waals surface area contributed by atoms with Crippen LogP contribution in [0.25, 0.3) is 10.9 Å². The molecule has 5 unspecified atom stereocenters. The largest absolute Gasteiger partial charge is 0.390 e. The topological polar surface area (TPSA) is 76.6 Å². The smallest absolute Gasteiger partial charge is 0.223 e. The summed E-state index contributed by atoms with van der Waals surface area (Å²) >= 11 is 6.56. The number of carbonyl (C=O) groups excluding carboxylic acids is 1. The first kappa shape index (κ1) is 20.3. The van der Waals surface area contributed by atoms with Crippen LogP contribution >= 0.6 is 11.6 Å². The lowest BCUT2D eigenvalue weighted by Crippen LogP contribution is -2.47. The fraction of sp³-hybridized carbons (Fsp3) is 0.625. The number of nitrogens with zero attached hydrogens (tertiary/aromatic N) is 1. The normalized spacial score (nSPS) is 34.5. The maximum absolute atomic E-state index is 13.4. The summed E-state index contributed by atoms with van der Waals surface area (Å²) in [5, 5.41) is 23.7. The zero-order chi connectivity index (χ0) is 21.4. The highest BCUT2D eigenvalue weighted by molar-refractivity contribution is 6.32. The average molecular weight is 431 g/mol. The predicted octanol–water partition coefficient (Wildman–Crippen LogP) is 4.46. The number of hydrogen-bond donors (Lipinski definition) is 3. The van der Waals surface area contributed by atoms with E-state index in [1.807, 2.05) is 30.2 Å². The fourth-order valence-corrected chi connectivity index (χ4v) is 6.50. The lowest BCUT2D eigenvalue weighted by atomic mass is 9.75. The highest BCUT2D eigenvalue weighted by Crippen LogP contribution is 2.49. The first-order valence-corrected chi connectivity index (χ1v) is 11.5. The van der Waals surface area contributed by atoms with Gasteiger partial charge in [0.15, 0.2) is 0 Å². The van der Waals surface area contributed by atoms with Gasteiger partial charge in [-0.2, -0.15) is 0 Å². The second-order valence-electron chi connectivity index (χ2n) is 10.3. The number of rotatable bonds is 4. The molecular weight excluding hydrogens is 400 g/mol. The first-order valence-electron chi connectivity index (χ1n) is 11.1. The molecule has 3 fully saturated rings. The van der Waals surface area contributed by atoms with Crippen molar-refractivity contribution in [1.82, 2.24) is 9.88 Å². The molecule has 3 aliphatic rings. The molecule has 2 heterocycles. The maximum atomic E-state index is 13.4. The molecule has 30 heavy (non-hydrogen) atoms. The molecule has 5 nitrogen and oxygen atoms in total. The minimum atomic E-state index is -1.00. The lowest BCUT2D eigenvalue weighted by Gasteiger charge is -2.37. The Bertz CT molecular complexity index is 1010. The van der Waals surface area contributed by atoms with Gasteiger partial charge in [0, 0.05) is 41.0 Å². The number of amides is 1. The zero-order valence-corrected chi connectivity index (χ0v) is 18.7. The number of benzene rings is 1. The molecule has 5 atom stereocenters. The summed E-state index contributed by atoms with van der Waals surface area (Å²) in [6.07, 6.45) is 6.14. The number of H-pyrrole nitrogens is 1. The van der Waals surface area contributed by atoms with E-state index in [9.17, 15) is 15.0 Å². The summed E-state index contributed by atoms with van der Waals surface area (Å²) in [4.78, 5) is 18.6. The molecule has 5 rings (SSSR count).